The number of aromatic nitrogens is 3. The van der Waals surface area contributed by atoms with Crippen LogP contribution in [-0.2, 0) is 5.60 Å². The number of nitrogens with zero attached hydrogens (tertiary/aromatic N) is 3. The van der Waals surface area contributed by atoms with Gasteiger partial charge in [-0.25, -0.2) is 9.97 Å². The lowest BCUT2D eigenvalue weighted by molar-refractivity contribution is -0.0301. The average molecular weight is 400 g/mol. The van der Waals surface area contributed by atoms with Crippen LogP contribution in [0.15, 0.2) is 61.3 Å². The molecule has 3 rings (SSSR count). The molecule has 146 valence electrons. The monoisotopic (exact) mass is 399 g/mol. The van der Waals surface area contributed by atoms with Gasteiger partial charge in [0.15, 0.2) is 0 Å². The highest BCUT2D eigenvalue weighted by Crippen LogP contribution is 2.43. The zero-order valence-electron chi connectivity index (χ0n) is 16.3. The normalized spacial score (nSPS) is 14.5. The van der Waals surface area contributed by atoms with E-state index in [1.54, 1.807) is 36.8 Å². The molecule has 1 atom stereocenters. The Morgan fingerprint density at radius 1 is 0.857 bits per heavy atom. The molecule has 1 aromatic carbocycles. The lowest BCUT2D eigenvalue weighted by atomic mass is 9.70. The molecule has 0 aliphatic heterocycles. The molecule has 0 amide bonds. The number of benzene rings is 1. The van der Waals surface area contributed by atoms with Gasteiger partial charge in [-0.3, -0.25) is 13.2 Å². The largest absolute Gasteiger partial charge is 0.452 e. The zero-order chi connectivity index (χ0) is 20.6. The van der Waals surface area contributed by atoms with E-state index < -0.39 is 19.8 Å². The lowest BCUT2D eigenvalue weighted by Crippen LogP contribution is -2.42. The highest BCUT2D eigenvalue weighted by Gasteiger charge is 2.45. The maximum atomic E-state index is 13.5. The van der Waals surface area contributed by atoms with E-state index in [1.807, 2.05) is 26.8 Å². The number of rotatable bonds is 4. The fourth-order valence-electron chi connectivity index (χ4n) is 3.19. The second kappa shape index (κ2) is 7.14. The Bertz CT molecular complexity index is 937. The van der Waals surface area contributed by atoms with Gasteiger partial charge in [0, 0.05) is 40.3 Å². The van der Waals surface area contributed by atoms with Crippen LogP contribution in [0.1, 0.15) is 32.0 Å². The Hall–Kier alpha value is -2.51. The van der Waals surface area contributed by atoms with Crippen LogP contribution in [-0.4, -0.2) is 28.8 Å². The fraction of sp³-hybridized carbons (Fsp3) is 0.286. The Morgan fingerprint density at radius 3 is 1.89 bits per heavy atom. The fourth-order valence-corrected chi connectivity index (χ4v) is 3.94. The highest BCUT2D eigenvalue weighted by atomic mass is 28.4. The van der Waals surface area contributed by atoms with Crippen LogP contribution in [0.5, 0.6) is 0 Å². The molecule has 2 aromatic heterocycles. The van der Waals surface area contributed by atoms with Crippen molar-refractivity contribution in [1.82, 2.24) is 15.0 Å². The summed E-state index contributed by atoms with van der Waals surface area (Å²) in [7, 11) is -4.31. The minimum absolute atomic E-state index is 0.104. The van der Waals surface area contributed by atoms with Crippen molar-refractivity contribution in [2.24, 2.45) is 5.41 Å². The van der Waals surface area contributed by atoms with Crippen molar-refractivity contribution < 1.29 is 13.3 Å². The third kappa shape index (κ3) is 3.72. The Labute approximate surface area is 164 Å². The molecule has 3 aromatic rings. The van der Waals surface area contributed by atoms with Gasteiger partial charge in [-0.1, -0.05) is 51.1 Å². The first-order chi connectivity index (χ1) is 13.0. The van der Waals surface area contributed by atoms with Crippen LogP contribution in [0.25, 0.3) is 11.1 Å². The molecule has 2 heterocycles. The Kier molecular flexibility index (Phi) is 5.16. The molecule has 0 spiro atoms. The molecule has 1 N–H and O–H groups in total. The van der Waals surface area contributed by atoms with E-state index in [0.29, 0.717) is 11.3 Å². The first-order valence-electron chi connectivity index (χ1n) is 8.96. The van der Waals surface area contributed by atoms with Crippen LogP contribution in [0.2, 0.25) is 6.55 Å². The van der Waals surface area contributed by atoms with Gasteiger partial charge in [-0.2, -0.15) is 0 Å². The van der Waals surface area contributed by atoms with Gasteiger partial charge in [-0.15, -0.1) is 0 Å². The molecule has 0 fully saturated rings. The van der Waals surface area contributed by atoms with Gasteiger partial charge < -0.3 is 5.11 Å². The van der Waals surface area contributed by atoms with Crippen LogP contribution < -0.4 is 5.19 Å². The third-order valence-electron chi connectivity index (χ3n) is 4.92. The smallest absolute Gasteiger partial charge is 0.378 e. The topological polar surface area (TPSA) is 58.9 Å². The maximum Gasteiger partial charge on any atom is 0.452 e. The summed E-state index contributed by atoms with van der Waals surface area (Å²) < 4.78 is 27.1. The lowest BCUT2D eigenvalue weighted by Gasteiger charge is -2.39. The van der Waals surface area contributed by atoms with E-state index >= 15 is 0 Å². The van der Waals surface area contributed by atoms with Gasteiger partial charge in [0.2, 0.25) is 0 Å². The predicted octanol–water partition coefficient (Wildman–Crippen LogP) is 4.04. The van der Waals surface area contributed by atoms with Gasteiger partial charge in [0.1, 0.15) is 11.9 Å². The molecular formula is C21H23F2N3OSi. The van der Waals surface area contributed by atoms with E-state index in [0.717, 1.165) is 17.7 Å². The second-order valence-electron chi connectivity index (χ2n) is 7.99. The van der Waals surface area contributed by atoms with Gasteiger partial charge in [0.25, 0.3) is 0 Å². The van der Waals surface area contributed by atoms with Crippen LogP contribution in [0.4, 0.5) is 8.22 Å². The van der Waals surface area contributed by atoms with Crippen molar-refractivity contribution in [3.05, 3.63) is 72.6 Å². The standard InChI is InChI=1S/C21H23F2N3OSi/c1-20(2,3)21(27,17-12-24-14-25-13-17)19-10-7-16(11-26-19)15-5-8-18(9-6-15)28(4,22)23/h5-14,27H,1-4H3. The van der Waals surface area contributed by atoms with Gasteiger partial charge in [-0.05, 0) is 18.2 Å². The summed E-state index contributed by atoms with van der Waals surface area (Å²) in [6.07, 6.45) is 6.23. The molecule has 7 heteroatoms. The first-order valence-corrected chi connectivity index (χ1v) is 11.2. The van der Waals surface area contributed by atoms with Crippen molar-refractivity contribution in [3.63, 3.8) is 0 Å². The SMILES string of the molecule is CC(C)(C)C(O)(c1cncnc1)c1ccc(-c2ccc([Si](C)(F)F)cc2)cn1. The van der Waals surface area contributed by atoms with Crippen molar-refractivity contribution in [2.45, 2.75) is 32.9 Å². The van der Waals surface area contributed by atoms with E-state index in [1.165, 1.54) is 18.5 Å². The summed E-state index contributed by atoms with van der Waals surface area (Å²) in [5, 5.41) is 11.7. The van der Waals surface area contributed by atoms with Gasteiger partial charge in [0.05, 0.1) is 5.69 Å². The molecular weight excluding hydrogens is 376 g/mol. The van der Waals surface area contributed by atoms with E-state index in [4.69, 9.17) is 0 Å². The minimum atomic E-state index is -4.31. The van der Waals surface area contributed by atoms with Crippen molar-refractivity contribution in [1.29, 1.82) is 0 Å². The number of aliphatic hydroxyl groups is 1. The molecule has 0 saturated heterocycles. The van der Waals surface area contributed by atoms with E-state index in [2.05, 4.69) is 15.0 Å². The van der Waals surface area contributed by atoms with Crippen molar-refractivity contribution in [3.8, 4) is 11.1 Å². The summed E-state index contributed by atoms with van der Waals surface area (Å²) >= 11 is 0. The summed E-state index contributed by atoms with van der Waals surface area (Å²) in [4.78, 5) is 12.5. The van der Waals surface area contributed by atoms with E-state index in [9.17, 15) is 13.3 Å². The molecule has 0 bridgehead atoms. The molecule has 28 heavy (non-hydrogen) atoms. The Morgan fingerprint density at radius 2 is 1.43 bits per heavy atom. The van der Waals surface area contributed by atoms with Crippen LogP contribution >= 0.6 is 0 Å². The van der Waals surface area contributed by atoms with Crippen LogP contribution in [0.3, 0.4) is 0 Å². The average Bonchev–Trinajstić information content (AvgIpc) is 2.67. The summed E-state index contributed by atoms with van der Waals surface area (Å²) in [6, 6.07) is 9.89. The summed E-state index contributed by atoms with van der Waals surface area (Å²) in [5.41, 5.74) is 0.669. The molecule has 0 aliphatic rings. The molecule has 0 aliphatic carbocycles. The quantitative estimate of drug-likeness (QED) is 0.531. The molecule has 0 radical (unpaired) electrons. The highest BCUT2D eigenvalue weighted by molar-refractivity contribution is 6.78. The summed E-state index contributed by atoms with van der Waals surface area (Å²) in [6.45, 7) is 6.77. The van der Waals surface area contributed by atoms with Gasteiger partial charge >= 0.3 is 8.74 Å². The third-order valence-corrected chi connectivity index (χ3v) is 6.27. The molecule has 0 saturated carbocycles. The summed E-state index contributed by atoms with van der Waals surface area (Å²) in [5.74, 6) is 0. The van der Waals surface area contributed by atoms with Crippen LogP contribution in [0, 0.1) is 5.41 Å². The number of pyridine rings is 1. The first kappa shape index (κ1) is 20.2. The minimum Gasteiger partial charge on any atom is -0.378 e. The van der Waals surface area contributed by atoms with Crippen molar-refractivity contribution >= 4 is 13.9 Å². The number of halogens is 2. The number of hydrogen-bond donors (Lipinski definition) is 1. The molecule has 4 nitrogen and oxygen atoms in total. The zero-order valence-corrected chi connectivity index (χ0v) is 17.3. The molecule has 1 unspecified atom stereocenters. The van der Waals surface area contributed by atoms with E-state index in [-0.39, 0.29) is 5.19 Å². The Balaban J connectivity index is 1.99. The van der Waals surface area contributed by atoms with Crippen molar-refractivity contribution in [2.75, 3.05) is 0 Å². The maximum absolute atomic E-state index is 13.5. The predicted molar refractivity (Wildman–Crippen MR) is 108 cm³/mol. The second-order valence-corrected chi connectivity index (χ2v) is 10.3. The number of hydrogen-bond acceptors (Lipinski definition) is 4.